The van der Waals surface area contributed by atoms with E-state index in [9.17, 15) is 27.6 Å². The van der Waals surface area contributed by atoms with Crippen molar-refractivity contribution in [2.45, 2.75) is 26.4 Å². The molecule has 0 saturated carbocycles. The molecule has 3 rings (SSSR count). The predicted octanol–water partition coefficient (Wildman–Crippen LogP) is 3.86. The Morgan fingerprint density at radius 2 is 1.77 bits per heavy atom. The van der Waals surface area contributed by atoms with Gasteiger partial charge in [0.15, 0.2) is 6.61 Å². The van der Waals surface area contributed by atoms with Crippen LogP contribution in [0.2, 0.25) is 0 Å². The van der Waals surface area contributed by atoms with Crippen LogP contribution < -0.4 is 10.2 Å². The monoisotopic (exact) mass is 434 g/mol. The molecule has 0 radical (unpaired) electrons. The highest BCUT2D eigenvalue weighted by Gasteiger charge is 2.37. The largest absolute Gasteiger partial charge is 0.455 e. The van der Waals surface area contributed by atoms with Crippen molar-refractivity contribution in [3.63, 3.8) is 0 Å². The van der Waals surface area contributed by atoms with Crippen molar-refractivity contribution in [3.05, 3.63) is 59.2 Å². The minimum absolute atomic E-state index is 0.0398. The van der Waals surface area contributed by atoms with Crippen molar-refractivity contribution in [1.82, 2.24) is 0 Å². The Morgan fingerprint density at radius 3 is 2.42 bits per heavy atom. The number of nitrogens with one attached hydrogen (secondary N) is 1. The third kappa shape index (κ3) is 5.22. The molecule has 6 nitrogen and oxygen atoms in total. The van der Waals surface area contributed by atoms with Gasteiger partial charge in [-0.25, -0.2) is 0 Å². The van der Waals surface area contributed by atoms with Gasteiger partial charge in [0, 0.05) is 24.3 Å². The first-order valence-electron chi connectivity index (χ1n) is 9.56. The number of esters is 1. The summed E-state index contributed by atoms with van der Waals surface area (Å²) in [7, 11) is 0. The van der Waals surface area contributed by atoms with E-state index in [4.69, 9.17) is 4.74 Å². The number of carbonyl (C=O) groups excluding carboxylic acids is 3. The van der Waals surface area contributed by atoms with Gasteiger partial charge in [-0.05, 0) is 43.2 Å². The number of hydrogen-bond acceptors (Lipinski definition) is 4. The highest BCUT2D eigenvalue weighted by Crippen LogP contribution is 2.32. The Bertz CT molecular complexity index is 1000. The van der Waals surface area contributed by atoms with Crippen LogP contribution in [-0.2, 0) is 25.3 Å². The Morgan fingerprint density at radius 1 is 1.13 bits per heavy atom. The number of nitrogens with zero attached hydrogens (tertiary/aromatic N) is 1. The summed E-state index contributed by atoms with van der Waals surface area (Å²) in [5, 5.41) is 2.27. The molecular weight excluding hydrogens is 413 g/mol. The molecular formula is C22H21F3N2O4. The van der Waals surface area contributed by atoms with E-state index in [1.54, 1.807) is 4.90 Å². The molecule has 2 amide bonds. The average molecular weight is 434 g/mol. The van der Waals surface area contributed by atoms with Crippen molar-refractivity contribution in [3.8, 4) is 0 Å². The molecule has 2 aromatic rings. The van der Waals surface area contributed by atoms with Crippen molar-refractivity contribution in [1.29, 1.82) is 0 Å². The molecule has 1 heterocycles. The lowest BCUT2D eigenvalue weighted by Gasteiger charge is -2.21. The Kier molecular flexibility index (Phi) is 6.33. The summed E-state index contributed by atoms with van der Waals surface area (Å²) in [6.45, 7) is 3.22. The maximum Gasteiger partial charge on any atom is 0.416 e. The number of rotatable bonds is 5. The zero-order valence-electron chi connectivity index (χ0n) is 17.0. The molecule has 31 heavy (non-hydrogen) atoms. The topological polar surface area (TPSA) is 75.7 Å². The van der Waals surface area contributed by atoms with Gasteiger partial charge in [-0.1, -0.05) is 24.3 Å². The van der Waals surface area contributed by atoms with Crippen LogP contribution in [0.4, 0.5) is 24.5 Å². The van der Waals surface area contributed by atoms with Crippen molar-refractivity contribution < 1.29 is 32.3 Å². The Labute approximate surface area is 177 Å². The van der Waals surface area contributed by atoms with Gasteiger partial charge < -0.3 is 15.0 Å². The summed E-state index contributed by atoms with van der Waals surface area (Å²) < 4.78 is 43.3. The van der Waals surface area contributed by atoms with Gasteiger partial charge in [0.1, 0.15) is 0 Å². The van der Waals surface area contributed by atoms with Crippen LogP contribution in [0.15, 0.2) is 42.5 Å². The molecule has 1 aliphatic rings. The highest BCUT2D eigenvalue weighted by molar-refractivity contribution is 6.01. The van der Waals surface area contributed by atoms with E-state index in [-0.39, 0.29) is 24.6 Å². The molecule has 164 valence electrons. The van der Waals surface area contributed by atoms with Crippen LogP contribution in [0.25, 0.3) is 0 Å². The zero-order valence-corrected chi connectivity index (χ0v) is 17.0. The van der Waals surface area contributed by atoms with E-state index in [0.717, 1.165) is 35.0 Å². The lowest BCUT2D eigenvalue weighted by atomic mass is 10.1. The standard InChI is InChI=1S/C22H21F3N2O4/c1-13-5-3-6-14(2)20(13)27-11-15(9-19(27)29)21(30)31-12-18(28)26-17-8-4-7-16(10-17)22(23,24)25/h3-8,10,15H,9,11-12H2,1-2H3,(H,26,28)/t15-/m1/s1. The van der Waals surface area contributed by atoms with Gasteiger partial charge >= 0.3 is 12.1 Å². The number of hydrogen-bond donors (Lipinski definition) is 1. The number of halogens is 3. The smallest absolute Gasteiger partial charge is 0.416 e. The molecule has 0 aliphatic carbocycles. The number of aryl methyl sites for hydroxylation is 2. The third-order valence-corrected chi connectivity index (χ3v) is 4.99. The lowest BCUT2D eigenvalue weighted by molar-refractivity contribution is -0.151. The quantitative estimate of drug-likeness (QED) is 0.726. The van der Waals surface area contributed by atoms with Crippen molar-refractivity contribution >= 4 is 29.2 Å². The van der Waals surface area contributed by atoms with Gasteiger partial charge in [0.2, 0.25) is 5.91 Å². The molecule has 1 N–H and O–H groups in total. The highest BCUT2D eigenvalue weighted by atomic mass is 19.4. The predicted molar refractivity (Wildman–Crippen MR) is 107 cm³/mol. The summed E-state index contributed by atoms with van der Waals surface area (Å²) in [6.07, 6.45) is -4.58. The molecule has 0 aromatic heterocycles. The van der Waals surface area contributed by atoms with Gasteiger partial charge in [-0.3, -0.25) is 14.4 Å². The van der Waals surface area contributed by atoms with Crippen LogP contribution in [0, 0.1) is 19.8 Å². The van der Waals surface area contributed by atoms with Gasteiger partial charge in [-0.2, -0.15) is 13.2 Å². The molecule has 1 aliphatic heterocycles. The fourth-order valence-corrected chi connectivity index (χ4v) is 3.54. The molecule has 1 atom stereocenters. The minimum Gasteiger partial charge on any atom is -0.455 e. The molecule has 0 bridgehead atoms. The summed E-state index contributed by atoms with van der Waals surface area (Å²) in [4.78, 5) is 38.3. The normalized spacial score (nSPS) is 16.4. The molecule has 2 aromatic carbocycles. The van der Waals surface area contributed by atoms with Crippen LogP contribution >= 0.6 is 0 Å². The van der Waals surface area contributed by atoms with E-state index in [2.05, 4.69) is 5.32 Å². The Balaban J connectivity index is 1.57. The molecule has 0 spiro atoms. The number of benzene rings is 2. The fourth-order valence-electron chi connectivity index (χ4n) is 3.54. The van der Waals surface area contributed by atoms with Gasteiger partial charge in [0.25, 0.3) is 5.91 Å². The number of amides is 2. The second-order valence-corrected chi connectivity index (χ2v) is 7.38. The maximum atomic E-state index is 12.8. The lowest BCUT2D eigenvalue weighted by Crippen LogP contribution is -2.29. The number of carbonyl (C=O) groups is 3. The molecule has 0 unspecified atom stereocenters. The van der Waals surface area contributed by atoms with Crippen LogP contribution in [-0.4, -0.2) is 30.9 Å². The van der Waals surface area contributed by atoms with Crippen molar-refractivity contribution in [2.24, 2.45) is 5.92 Å². The van der Waals surface area contributed by atoms with E-state index in [0.29, 0.717) is 0 Å². The first kappa shape index (κ1) is 22.3. The van der Waals surface area contributed by atoms with E-state index in [1.165, 1.54) is 6.07 Å². The summed E-state index contributed by atoms with van der Waals surface area (Å²) in [5.74, 6) is -2.43. The summed E-state index contributed by atoms with van der Waals surface area (Å²) >= 11 is 0. The van der Waals surface area contributed by atoms with E-state index < -0.39 is 36.1 Å². The second kappa shape index (κ2) is 8.79. The molecule has 1 fully saturated rings. The fraction of sp³-hybridized carbons (Fsp3) is 0.318. The summed E-state index contributed by atoms with van der Waals surface area (Å²) in [5.41, 5.74) is 1.60. The number of anilines is 2. The second-order valence-electron chi connectivity index (χ2n) is 7.38. The van der Waals surface area contributed by atoms with E-state index >= 15 is 0 Å². The number of alkyl halides is 3. The third-order valence-electron chi connectivity index (χ3n) is 4.99. The Hall–Kier alpha value is -3.36. The first-order chi connectivity index (χ1) is 14.6. The van der Waals surface area contributed by atoms with Crippen LogP contribution in [0.3, 0.4) is 0 Å². The number of ether oxygens (including phenoxy) is 1. The average Bonchev–Trinajstić information content (AvgIpc) is 3.07. The maximum absolute atomic E-state index is 12.8. The van der Waals surface area contributed by atoms with Crippen LogP contribution in [0.5, 0.6) is 0 Å². The zero-order chi connectivity index (χ0) is 22.8. The van der Waals surface area contributed by atoms with Crippen molar-refractivity contribution in [2.75, 3.05) is 23.4 Å². The van der Waals surface area contributed by atoms with E-state index in [1.807, 2.05) is 32.0 Å². The summed E-state index contributed by atoms with van der Waals surface area (Å²) in [6, 6.07) is 9.76. The van der Waals surface area contributed by atoms with Crippen LogP contribution in [0.1, 0.15) is 23.1 Å². The minimum atomic E-state index is -4.54. The van der Waals surface area contributed by atoms with Gasteiger partial charge in [-0.15, -0.1) is 0 Å². The molecule has 9 heteroatoms. The SMILES string of the molecule is Cc1cccc(C)c1N1C[C@H](C(=O)OCC(=O)Nc2cccc(C(F)(F)F)c2)CC1=O. The molecule has 1 saturated heterocycles. The van der Waals surface area contributed by atoms with Gasteiger partial charge in [0.05, 0.1) is 11.5 Å². The number of para-hydroxylation sites is 1. The first-order valence-corrected chi connectivity index (χ1v) is 9.56.